The number of benzene rings is 3. The van der Waals surface area contributed by atoms with E-state index >= 15 is 0 Å². The number of hydrogen-bond donors (Lipinski definition) is 2. The quantitative estimate of drug-likeness (QED) is 0.294. The number of amides is 1. The lowest BCUT2D eigenvalue weighted by atomic mass is 10.1. The van der Waals surface area contributed by atoms with Gasteiger partial charge >= 0.3 is 0 Å². The van der Waals surface area contributed by atoms with Gasteiger partial charge in [0, 0.05) is 37.3 Å². The molecule has 2 aromatic heterocycles. The smallest absolute Gasteiger partial charge is 0.221 e. The minimum Gasteiger partial charge on any atom is -0.364 e. The lowest BCUT2D eigenvalue weighted by molar-refractivity contribution is -0.114. The maximum atomic E-state index is 13.2. The van der Waals surface area contributed by atoms with Crippen molar-refractivity contribution in [2.45, 2.75) is 19.9 Å². The summed E-state index contributed by atoms with van der Waals surface area (Å²) in [5.41, 5.74) is 5.45. The van der Waals surface area contributed by atoms with Crippen LogP contribution in [0.3, 0.4) is 0 Å². The maximum absolute atomic E-state index is 13.2. The zero-order valence-electron chi connectivity index (χ0n) is 19.8. The summed E-state index contributed by atoms with van der Waals surface area (Å²) in [6.45, 7) is 2.02. The zero-order valence-corrected chi connectivity index (χ0v) is 19.8. The molecule has 0 aliphatic carbocycles. The minimum absolute atomic E-state index is 0.138. The van der Waals surface area contributed by atoms with Crippen LogP contribution < -0.4 is 10.6 Å². The van der Waals surface area contributed by atoms with E-state index in [9.17, 15) is 9.59 Å². The molecule has 0 saturated carbocycles. The summed E-state index contributed by atoms with van der Waals surface area (Å²) in [4.78, 5) is 29.1. The molecular weight excluding hydrogens is 450 g/mol. The molecule has 7 heteroatoms. The fourth-order valence-corrected chi connectivity index (χ4v) is 4.07. The number of ketones is 1. The third kappa shape index (κ3) is 5.15. The van der Waals surface area contributed by atoms with Crippen LogP contribution >= 0.6 is 0 Å². The summed E-state index contributed by atoms with van der Waals surface area (Å²) in [5.74, 6) is 0.404. The molecule has 2 N–H and O–H groups in total. The topological polar surface area (TPSA) is 88.4 Å². The van der Waals surface area contributed by atoms with Gasteiger partial charge in [-0.2, -0.15) is 0 Å². The second kappa shape index (κ2) is 10.2. The Morgan fingerprint density at radius 3 is 2.22 bits per heavy atom. The Bertz CT molecular complexity index is 1510. The van der Waals surface area contributed by atoms with E-state index in [-0.39, 0.29) is 23.9 Å². The van der Waals surface area contributed by atoms with Crippen LogP contribution in [0.5, 0.6) is 0 Å². The molecule has 2 heterocycles. The van der Waals surface area contributed by atoms with Crippen LogP contribution in [-0.2, 0) is 17.8 Å². The molecule has 0 bridgehead atoms. The lowest BCUT2D eigenvalue weighted by Gasteiger charge is -2.11. The molecule has 5 rings (SSSR count). The second-order valence-electron chi connectivity index (χ2n) is 8.49. The van der Waals surface area contributed by atoms with Crippen molar-refractivity contribution in [3.8, 4) is 11.1 Å². The van der Waals surface area contributed by atoms with E-state index in [1.165, 1.54) is 6.92 Å². The summed E-state index contributed by atoms with van der Waals surface area (Å²) in [7, 11) is 0. The summed E-state index contributed by atoms with van der Waals surface area (Å²) < 4.78 is 1.72. The maximum Gasteiger partial charge on any atom is 0.221 e. The molecule has 7 nitrogen and oxygen atoms in total. The molecule has 0 unspecified atom stereocenters. The SMILES string of the molecule is CC(=O)Nc1ccc(CC(=O)c2nc(NCc3ccccc3)c3c(-c4ccccc4)ccn3n2)cc1. The number of nitrogens with one attached hydrogen (secondary N) is 2. The first-order valence-corrected chi connectivity index (χ1v) is 11.7. The Kier molecular flexibility index (Phi) is 6.53. The number of carbonyl (C=O) groups is 2. The van der Waals surface area contributed by atoms with Gasteiger partial charge < -0.3 is 10.6 Å². The normalized spacial score (nSPS) is 10.8. The van der Waals surface area contributed by atoms with Crippen molar-refractivity contribution in [2.75, 3.05) is 10.6 Å². The van der Waals surface area contributed by atoms with E-state index in [4.69, 9.17) is 0 Å². The molecule has 1 amide bonds. The number of nitrogens with zero attached hydrogens (tertiary/aromatic N) is 3. The van der Waals surface area contributed by atoms with Crippen LogP contribution in [-0.4, -0.2) is 26.3 Å². The van der Waals surface area contributed by atoms with E-state index in [2.05, 4.69) is 20.7 Å². The van der Waals surface area contributed by atoms with Gasteiger partial charge in [0.1, 0.15) is 5.52 Å². The van der Waals surface area contributed by atoms with E-state index < -0.39 is 0 Å². The molecule has 0 atom stereocenters. The van der Waals surface area contributed by atoms with Crippen LogP contribution in [0.1, 0.15) is 28.7 Å². The molecule has 0 aliphatic heterocycles. The zero-order chi connectivity index (χ0) is 24.9. The first-order chi connectivity index (χ1) is 17.6. The highest BCUT2D eigenvalue weighted by molar-refractivity contribution is 5.96. The molecule has 3 aromatic carbocycles. The number of hydrogen-bond acceptors (Lipinski definition) is 5. The molecule has 0 radical (unpaired) electrons. The predicted octanol–water partition coefficient (Wildman–Crippen LogP) is 5.39. The highest BCUT2D eigenvalue weighted by Crippen LogP contribution is 2.30. The fraction of sp³-hybridized carbons (Fsp3) is 0.103. The van der Waals surface area contributed by atoms with Crippen molar-refractivity contribution in [1.82, 2.24) is 14.6 Å². The van der Waals surface area contributed by atoms with E-state index in [0.29, 0.717) is 18.1 Å². The summed E-state index contributed by atoms with van der Waals surface area (Å²) in [6, 6.07) is 29.3. The van der Waals surface area contributed by atoms with Crippen molar-refractivity contribution in [3.63, 3.8) is 0 Å². The second-order valence-corrected chi connectivity index (χ2v) is 8.49. The van der Waals surface area contributed by atoms with Crippen LogP contribution in [0.25, 0.3) is 16.6 Å². The van der Waals surface area contributed by atoms with Gasteiger partial charge in [-0.1, -0.05) is 72.8 Å². The highest BCUT2D eigenvalue weighted by atomic mass is 16.1. The van der Waals surface area contributed by atoms with Crippen LogP contribution in [0.2, 0.25) is 0 Å². The summed E-state index contributed by atoms with van der Waals surface area (Å²) in [5, 5.41) is 10.7. The fourth-order valence-electron chi connectivity index (χ4n) is 4.07. The first kappa shape index (κ1) is 23.0. The highest BCUT2D eigenvalue weighted by Gasteiger charge is 2.18. The van der Waals surface area contributed by atoms with Crippen molar-refractivity contribution in [3.05, 3.63) is 114 Å². The minimum atomic E-state index is -0.193. The average Bonchev–Trinajstić information content (AvgIpc) is 3.33. The third-order valence-corrected chi connectivity index (χ3v) is 5.79. The largest absolute Gasteiger partial charge is 0.364 e. The molecule has 0 fully saturated rings. The first-order valence-electron chi connectivity index (χ1n) is 11.7. The van der Waals surface area contributed by atoms with Gasteiger partial charge in [-0.25, -0.2) is 9.50 Å². The van der Waals surface area contributed by atoms with E-state index in [1.807, 2.05) is 85.1 Å². The number of carbonyl (C=O) groups excluding carboxylic acids is 2. The summed E-state index contributed by atoms with van der Waals surface area (Å²) in [6.07, 6.45) is 2.00. The molecule has 0 saturated heterocycles. The number of aromatic nitrogens is 3. The Balaban J connectivity index is 1.47. The standard InChI is InChI=1S/C29H25N5O2/c1-20(35)31-24-14-12-21(13-15-24)18-26(36)28-32-29(30-19-22-8-4-2-5-9-22)27-25(16-17-34(27)33-28)23-10-6-3-7-11-23/h2-17H,18-19H2,1H3,(H,31,35)(H,30,32,33). The average molecular weight is 476 g/mol. The van der Waals surface area contributed by atoms with E-state index in [0.717, 1.165) is 27.8 Å². The van der Waals surface area contributed by atoms with Gasteiger partial charge in [-0.05, 0) is 34.9 Å². The van der Waals surface area contributed by atoms with Crippen molar-refractivity contribution >= 4 is 28.7 Å². The third-order valence-electron chi connectivity index (χ3n) is 5.79. The number of fused-ring (bicyclic) bond motifs is 1. The van der Waals surface area contributed by atoms with Crippen LogP contribution in [0.4, 0.5) is 11.5 Å². The van der Waals surface area contributed by atoms with Crippen molar-refractivity contribution < 1.29 is 9.59 Å². The van der Waals surface area contributed by atoms with E-state index in [1.54, 1.807) is 16.6 Å². The Morgan fingerprint density at radius 2 is 1.53 bits per heavy atom. The van der Waals surface area contributed by atoms with Gasteiger partial charge in [0.05, 0.1) is 0 Å². The summed E-state index contributed by atoms with van der Waals surface area (Å²) >= 11 is 0. The molecular formula is C29H25N5O2. The molecule has 0 aliphatic rings. The van der Waals surface area contributed by atoms with Gasteiger partial charge in [0.15, 0.2) is 5.82 Å². The monoisotopic (exact) mass is 475 g/mol. The van der Waals surface area contributed by atoms with Crippen molar-refractivity contribution in [2.24, 2.45) is 0 Å². The van der Waals surface area contributed by atoms with Crippen molar-refractivity contribution in [1.29, 1.82) is 0 Å². The Hall–Kier alpha value is -4.78. The Morgan fingerprint density at radius 1 is 0.833 bits per heavy atom. The van der Waals surface area contributed by atoms with Gasteiger partial charge in [0.25, 0.3) is 0 Å². The molecule has 36 heavy (non-hydrogen) atoms. The number of anilines is 2. The van der Waals surface area contributed by atoms with Crippen LogP contribution in [0.15, 0.2) is 97.2 Å². The van der Waals surface area contributed by atoms with Gasteiger partial charge in [0.2, 0.25) is 17.5 Å². The van der Waals surface area contributed by atoms with Gasteiger partial charge in [-0.3, -0.25) is 9.59 Å². The molecule has 0 spiro atoms. The molecule has 178 valence electrons. The van der Waals surface area contributed by atoms with Crippen LogP contribution in [0, 0.1) is 0 Å². The Labute approximate surface area is 208 Å². The number of rotatable bonds is 8. The van der Waals surface area contributed by atoms with Gasteiger partial charge in [-0.15, -0.1) is 5.10 Å². The molecule has 5 aromatic rings. The number of Topliss-reactive ketones (excluding diaryl/α,β-unsaturated/α-hetero) is 1. The predicted molar refractivity (Wildman–Crippen MR) is 141 cm³/mol. The lowest BCUT2D eigenvalue weighted by Crippen LogP contribution is -2.14.